The van der Waals surface area contributed by atoms with Gasteiger partial charge in [-0.1, -0.05) is 30.3 Å². The van der Waals surface area contributed by atoms with Crippen LogP contribution in [0.1, 0.15) is 27.0 Å². The zero-order valence-electron chi connectivity index (χ0n) is 11.0. The molecule has 4 nitrogen and oxygen atoms in total. The molecule has 0 atom stereocenters. The molecule has 0 saturated heterocycles. The Hall–Kier alpha value is -2.33. The Balaban J connectivity index is 1.78. The molecule has 0 fully saturated rings. The minimum Gasteiger partial charge on any atom is -0.399 e. The van der Waals surface area contributed by atoms with Gasteiger partial charge in [0.05, 0.1) is 6.61 Å². The summed E-state index contributed by atoms with van der Waals surface area (Å²) in [6, 6.07) is 13.1. The van der Waals surface area contributed by atoms with Crippen molar-refractivity contribution in [2.24, 2.45) is 0 Å². The number of nitrogens with two attached hydrogens (primary N) is 1. The minimum absolute atomic E-state index is 0.0264. The smallest absolute Gasteiger partial charge is 0.254 e. The lowest BCUT2D eigenvalue weighted by atomic mass is 10.1. The van der Waals surface area contributed by atoms with E-state index in [4.69, 9.17) is 10.8 Å². The molecule has 0 aromatic heterocycles. The highest BCUT2D eigenvalue weighted by atomic mass is 16.3. The quantitative estimate of drug-likeness (QED) is 0.836. The second-order valence-electron chi connectivity index (χ2n) is 5.05. The summed E-state index contributed by atoms with van der Waals surface area (Å²) >= 11 is 0. The molecule has 0 bridgehead atoms. The molecule has 3 rings (SSSR count). The van der Waals surface area contributed by atoms with Crippen molar-refractivity contribution < 1.29 is 9.90 Å². The van der Waals surface area contributed by atoms with E-state index in [2.05, 4.69) is 0 Å². The van der Waals surface area contributed by atoms with Gasteiger partial charge in [-0.3, -0.25) is 4.79 Å². The van der Waals surface area contributed by atoms with Crippen molar-refractivity contribution in [3.05, 3.63) is 64.7 Å². The number of carbonyl (C=O) groups is 1. The van der Waals surface area contributed by atoms with Gasteiger partial charge in [-0.05, 0) is 28.8 Å². The number of anilines is 1. The van der Waals surface area contributed by atoms with Gasteiger partial charge in [-0.15, -0.1) is 0 Å². The number of rotatable bonds is 3. The maximum Gasteiger partial charge on any atom is 0.254 e. The Kier molecular flexibility index (Phi) is 3.16. The molecule has 1 amide bonds. The summed E-state index contributed by atoms with van der Waals surface area (Å²) in [6.07, 6.45) is 0. The van der Waals surface area contributed by atoms with Crippen LogP contribution in [-0.2, 0) is 19.7 Å². The van der Waals surface area contributed by atoms with Crippen molar-refractivity contribution >= 4 is 11.6 Å². The highest BCUT2D eigenvalue weighted by Gasteiger charge is 2.27. The van der Waals surface area contributed by atoms with Crippen molar-refractivity contribution in [1.29, 1.82) is 0 Å². The molecule has 2 aromatic rings. The lowest BCUT2D eigenvalue weighted by Gasteiger charge is -2.15. The molecule has 4 heteroatoms. The molecule has 0 radical (unpaired) electrons. The number of benzene rings is 2. The first-order valence-electron chi connectivity index (χ1n) is 6.54. The van der Waals surface area contributed by atoms with Crippen LogP contribution in [0.4, 0.5) is 5.69 Å². The fraction of sp³-hybridized carbons (Fsp3) is 0.188. The molecule has 0 aliphatic carbocycles. The molecule has 20 heavy (non-hydrogen) atoms. The van der Waals surface area contributed by atoms with Crippen LogP contribution in [0.2, 0.25) is 0 Å². The first-order valence-corrected chi connectivity index (χ1v) is 6.54. The maximum atomic E-state index is 12.3. The monoisotopic (exact) mass is 268 g/mol. The van der Waals surface area contributed by atoms with Gasteiger partial charge in [0.15, 0.2) is 0 Å². The van der Waals surface area contributed by atoms with Crippen LogP contribution in [-0.4, -0.2) is 15.9 Å². The molecule has 1 aliphatic rings. The molecule has 1 aliphatic heterocycles. The van der Waals surface area contributed by atoms with Crippen LogP contribution in [0, 0.1) is 0 Å². The Labute approximate surface area is 117 Å². The predicted molar refractivity (Wildman–Crippen MR) is 76.8 cm³/mol. The summed E-state index contributed by atoms with van der Waals surface area (Å²) in [7, 11) is 0. The number of nitrogens with zero attached hydrogens (tertiary/aromatic N) is 1. The van der Waals surface area contributed by atoms with Gasteiger partial charge in [-0.25, -0.2) is 0 Å². The molecule has 102 valence electrons. The zero-order chi connectivity index (χ0) is 14.1. The first kappa shape index (κ1) is 12.7. The predicted octanol–water partition coefficient (Wildman–Crippen LogP) is 1.92. The van der Waals surface area contributed by atoms with Gasteiger partial charge in [0.25, 0.3) is 5.91 Å². The summed E-state index contributed by atoms with van der Waals surface area (Å²) in [5.74, 6) is 0.0264. The summed E-state index contributed by atoms with van der Waals surface area (Å²) in [5, 5.41) is 9.02. The van der Waals surface area contributed by atoms with E-state index in [0.29, 0.717) is 24.3 Å². The number of aliphatic hydroxyl groups excluding tert-OH is 1. The van der Waals surface area contributed by atoms with Crippen LogP contribution in [0.25, 0.3) is 0 Å². The first-order chi connectivity index (χ1) is 9.67. The third-order valence-electron chi connectivity index (χ3n) is 3.59. The lowest BCUT2D eigenvalue weighted by molar-refractivity contribution is 0.0766. The van der Waals surface area contributed by atoms with Crippen molar-refractivity contribution in [1.82, 2.24) is 4.90 Å². The summed E-state index contributed by atoms with van der Waals surface area (Å²) in [4.78, 5) is 14.1. The SMILES string of the molecule is Nc1ccc2c(c1)C(=O)N(Cc1ccc(CO)cc1)C2. The molecular weight excluding hydrogens is 252 g/mol. The molecule has 0 saturated carbocycles. The fourth-order valence-corrected chi connectivity index (χ4v) is 2.48. The summed E-state index contributed by atoms with van der Waals surface area (Å²) < 4.78 is 0. The molecule has 0 spiro atoms. The Morgan fingerprint density at radius 1 is 1.10 bits per heavy atom. The zero-order valence-corrected chi connectivity index (χ0v) is 11.0. The van der Waals surface area contributed by atoms with Gasteiger partial charge in [0.2, 0.25) is 0 Å². The van der Waals surface area contributed by atoms with E-state index in [-0.39, 0.29) is 12.5 Å². The Morgan fingerprint density at radius 2 is 1.80 bits per heavy atom. The second kappa shape index (κ2) is 4.98. The summed E-state index contributed by atoms with van der Waals surface area (Å²) in [6.45, 7) is 1.23. The van der Waals surface area contributed by atoms with Gasteiger partial charge in [0.1, 0.15) is 0 Å². The molecular formula is C16H16N2O2. The van der Waals surface area contributed by atoms with Crippen LogP contribution < -0.4 is 5.73 Å². The third-order valence-corrected chi connectivity index (χ3v) is 3.59. The highest BCUT2D eigenvalue weighted by Crippen LogP contribution is 2.26. The van der Waals surface area contributed by atoms with Crippen molar-refractivity contribution in [2.75, 3.05) is 5.73 Å². The number of fused-ring (bicyclic) bond motifs is 1. The number of hydrogen-bond donors (Lipinski definition) is 2. The van der Waals surface area contributed by atoms with E-state index in [1.165, 1.54) is 0 Å². The van der Waals surface area contributed by atoms with Gasteiger partial charge in [0, 0.05) is 24.3 Å². The van der Waals surface area contributed by atoms with Gasteiger partial charge in [-0.2, -0.15) is 0 Å². The molecule has 2 aromatic carbocycles. The van der Waals surface area contributed by atoms with Crippen molar-refractivity contribution in [3.8, 4) is 0 Å². The minimum atomic E-state index is 0.0264. The van der Waals surface area contributed by atoms with Crippen molar-refractivity contribution in [2.45, 2.75) is 19.7 Å². The molecule has 3 N–H and O–H groups in total. The number of amides is 1. The number of aliphatic hydroxyl groups is 1. The number of hydrogen-bond acceptors (Lipinski definition) is 3. The van der Waals surface area contributed by atoms with Crippen LogP contribution >= 0.6 is 0 Å². The normalized spacial score (nSPS) is 13.7. The van der Waals surface area contributed by atoms with Crippen LogP contribution in [0.15, 0.2) is 42.5 Å². The van der Waals surface area contributed by atoms with E-state index < -0.39 is 0 Å². The van der Waals surface area contributed by atoms with Crippen molar-refractivity contribution in [3.63, 3.8) is 0 Å². The largest absolute Gasteiger partial charge is 0.399 e. The average Bonchev–Trinajstić information content (AvgIpc) is 2.76. The fourth-order valence-electron chi connectivity index (χ4n) is 2.48. The maximum absolute atomic E-state index is 12.3. The van der Waals surface area contributed by atoms with E-state index in [1.807, 2.05) is 36.4 Å². The molecule has 0 unspecified atom stereocenters. The topological polar surface area (TPSA) is 66.6 Å². The summed E-state index contributed by atoms with van der Waals surface area (Å²) in [5.41, 5.74) is 10.0. The number of carbonyl (C=O) groups excluding carboxylic acids is 1. The number of nitrogen functional groups attached to an aromatic ring is 1. The van der Waals surface area contributed by atoms with E-state index in [1.54, 1.807) is 11.0 Å². The van der Waals surface area contributed by atoms with E-state index >= 15 is 0 Å². The second-order valence-corrected chi connectivity index (χ2v) is 5.05. The Bertz CT molecular complexity index is 650. The van der Waals surface area contributed by atoms with E-state index in [0.717, 1.165) is 16.7 Å². The highest BCUT2D eigenvalue weighted by molar-refractivity contribution is 5.99. The standard InChI is InChI=1S/C16H16N2O2/c17-14-6-5-13-9-18(16(20)15(13)7-14)8-11-1-3-12(10-19)4-2-11/h1-7,19H,8-10,17H2. The lowest BCUT2D eigenvalue weighted by Crippen LogP contribution is -2.23. The Morgan fingerprint density at radius 3 is 2.50 bits per heavy atom. The third kappa shape index (κ3) is 2.26. The average molecular weight is 268 g/mol. The van der Waals surface area contributed by atoms with Gasteiger partial charge >= 0.3 is 0 Å². The molecule has 1 heterocycles. The van der Waals surface area contributed by atoms with Crippen LogP contribution in [0.3, 0.4) is 0 Å². The van der Waals surface area contributed by atoms with E-state index in [9.17, 15) is 4.79 Å². The van der Waals surface area contributed by atoms with Crippen LogP contribution in [0.5, 0.6) is 0 Å². The van der Waals surface area contributed by atoms with Gasteiger partial charge < -0.3 is 15.7 Å².